The van der Waals surface area contributed by atoms with E-state index in [1.807, 2.05) is 30.0 Å². The van der Waals surface area contributed by atoms with Crippen LogP contribution in [-0.2, 0) is 0 Å². The number of nitrogens with two attached hydrogens (primary N) is 1. The average Bonchev–Trinajstić information content (AvgIpc) is 2.42. The van der Waals surface area contributed by atoms with Crippen LogP contribution < -0.4 is 5.73 Å². The fourth-order valence-electron chi connectivity index (χ4n) is 2.70. The Morgan fingerprint density at radius 1 is 1.50 bits per heavy atom. The minimum Gasteiger partial charge on any atom is -0.338 e. The first-order valence-electron chi connectivity index (χ1n) is 6.88. The smallest absolute Gasteiger partial charge is 0.254 e. The fourth-order valence-corrected chi connectivity index (χ4v) is 3.29. The molecule has 1 unspecified atom stereocenters. The van der Waals surface area contributed by atoms with Crippen molar-refractivity contribution in [1.82, 2.24) is 4.90 Å². The quantitative estimate of drug-likeness (QED) is 0.781. The third-order valence-electron chi connectivity index (χ3n) is 3.80. The Balaban J connectivity index is 0.00000200. The number of rotatable bonds is 3. The van der Waals surface area contributed by atoms with Crippen molar-refractivity contribution in [3.8, 4) is 0 Å². The molecule has 1 aromatic carbocycles. The molecule has 0 radical (unpaired) electrons. The van der Waals surface area contributed by atoms with Crippen LogP contribution in [0.25, 0.3) is 0 Å². The van der Waals surface area contributed by atoms with E-state index in [1.54, 1.807) is 0 Å². The molecule has 0 spiro atoms. The largest absolute Gasteiger partial charge is 0.338 e. The number of carbonyl (C=O) groups is 1. The molecule has 112 valence electrons. The molecule has 0 aliphatic carbocycles. The van der Waals surface area contributed by atoms with Crippen molar-refractivity contribution in [3.05, 3.63) is 32.9 Å². The van der Waals surface area contributed by atoms with Gasteiger partial charge < -0.3 is 10.6 Å². The first-order chi connectivity index (χ1) is 9.13. The van der Waals surface area contributed by atoms with Crippen LogP contribution in [0.2, 0.25) is 0 Å². The van der Waals surface area contributed by atoms with Crippen LogP contribution in [0.5, 0.6) is 0 Å². The maximum atomic E-state index is 12.6. The molecule has 20 heavy (non-hydrogen) atoms. The maximum Gasteiger partial charge on any atom is 0.254 e. The number of halogens is 2. The summed E-state index contributed by atoms with van der Waals surface area (Å²) in [6.45, 7) is 4.50. The molecule has 0 saturated carbocycles. The number of hydrogen-bond donors (Lipinski definition) is 1. The lowest BCUT2D eigenvalue weighted by atomic mass is 9.94. The number of piperidine rings is 1. The zero-order valence-electron chi connectivity index (χ0n) is 11.8. The third kappa shape index (κ3) is 4.09. The first kappa shape index (κ1) is 17.7. The van der Waals surface area contributed by atoms with Crippen LogP contribution in [0.15, 0.2) is 18.2 Å². The number of carbonyl (C=O) groups excluding carboxylic acids is 1. The molecule has 1 heterocycles. The van der Waals surface area contributed by atoms with Crippen molar-refractivity contribution >= 4 is 40.9 Å². The lowest BCUT2D eigenvalue weighted by molar-refractivity contribution is 0.0668. The number of nitrogens with zero attached hydrogens (tertiary/aromatic N) is 1. The lowest BCUT2D eigenvalue weighted by Crippen LogP contribution is -2.40. The second-order valence-electron chi connectivity index (χ2n) is 5.27. The highest BCUT2D eigenvalue weighted by molar-refractivity contribution is 14.1. The van der Waals surface area contributed by atoms with Crippen molar-refractivity contribution in [3.63, 3.8) is 0 Å². The summed E-state index contributed by atoms with van der Waals surface area (Å²) in [6.07, 6.45) is 3.32. The molecule has 1 aromatic rings. The molecule has 3 nitrogen and oxygen atoms in total. The monoisotopic (exact) mass is 408 g/mol. The molecule has 5 heteroatoms. The average molecular weight is 409 g/mol. The Morgan fingerprint density at radius 3 is 2.95 bits per heavy atom. The van der Waals surface area contributed by atoms with E-state index in [2.05, 4.69) is 22.6 Å². The Hall–Kier alpha value is -0.330. The SMILES string of the molecule is Cc1cccc(C(=O)N2CCCC(CCN)C2)c1I.Cl. The van der Waals surface area contributed by atoms with Gasteiger partial charge in [0.1, 0.15) is 0 Å². The Bertz CT molecular complexity index is 465. The zero-order valence-corrected chi connectivity index (χ0v) is 14.7. The normalized spacial score (nSPS) is 18.6. The van der Waals surface area contributed by atoms with Crippen LogP contribution in [0.3, 0.4) is 0 Å². The van der Waals surface area contributed by atoms with Gasteiger partial charge in [0.05, 0.1) is 5.56 Å². The van der Waals surface area contributed by atoms with Crippen LogP contribution in [-0.4, -0.2) is 30.4 Å². The number of hydrogen-bond acceptors (Lipinski definition) is 2. The molecule has 1 saturated heterocycles. The van der Waals surface area contributed by atoms with E-state index in [0.29, 0.717) is 12.5 Å². The fraction of sp³-hybridized carbons (Fsp3) is 0.533. The van der Waals surface area contributed by atoms with Gasteiger partial charge in [0.2, 0.25) is 0 Å². The number of amides is 1. The van der Waals surface area contributed by atoms with Gasteiger partial charge in [-0.3, -0.25) is 4.79 Å². The Kier molecular flexibility index (Phi) is 7.26. The van der Waals surface area contributed by atoms with E-state index in [9.17, 15) is 4.79 Å². The molecule has 1 aliphatic rings. The number of benzene rings is 1. The molecular weight excluding hydrogens is 387 g/mol. The van der Waals surface area contributed by atoms with Crippen molar-refractivity contribution in [1.29, 1.82) is 0 Å². The minimum absolute atomic E-state index is 0. The van der Waals surface area contributed by atoms with E-state index in [0.717, 1.165) is 35.1 Å². The molecule has 1 amide bonds. The zero-order chi connectivity index (χ0) is 13.8. The van der Waals surface area contributed by atoms with E-state index in [4.69, 9.17) is 5.73 Å². The van der Waals surface area contributed by atoms with Crippen molar-refractivity contribution < 1.29 is 4.79 Å². The van der Waals surface area contributed by atoms with Crippen LogP contribution >= 0.6 is 35.0 Å². The van der Waals surface area contributed by atoms with Crippen molar-refractivity contribution in [2.45, 2.75) is 26.2 Å². The predicted molar refractivity (Wildman–Crippen MR) is 93.4 cm³/mol. The van der Waals surface area contributed by atoms with Gasteiger partial charge in [-0.05, 0) is 72.9 Å². The first-order valence-corrected chi connectivity index (χ1v) is 7.95. The van der Waals surface area contributed by atoms with Crippen molar-refractivity contribution in [2.75, 3.05) is 19.6 Å². The lowest BCUT2D eigenvalue weighted by Gasteiger charge is -2.33. The van der Waals surface area contributed by atoms with Gasteiger partial charge in [0.15, 0.2) is 0 Å². The molecule has 2 N–H and O–H groups in total. The summed E-state index contributed by atoms with van der Waals surface area (Å²) >= 11 is 2.27. The second kappa shape index (κ2) is 8.20. The van der Waals surface area contributed by atoms with Crippen LogP contribution in [0.4, 0.5) is 0 Å². The van der Waals surface area contributed by atoms with Gasteiger partial charge in [-0.25, -0.2) is 0 Å². The van der Waals surface area contributed by atoms with Gasteiger partial charge in [0.25, 0.3) is 5.91 Å². The Labute approximate surface area is 140 Å². The highest BCUT2D eigenvalue weighted by Crippen LogP contribution is 2.23. The predicted octanol–water partition coefficient (Wildman–Crippen LogP) is 3.22. The third-order valence-corrected chi connectivity index (χ3v) is 5.24. The second-order valence-corrected chi connectivity index (χ2v) is 6.35. The summed E-state index contributed by atoms with van der Waals surface area (Å²) in [6, 6.07) is 5.95. The van der Waals surface area contributed by atoms with Gasteiger partial charge in [-0.15, -0.1) is 12.4 Å². The summed E-state index contributed by atoms with van der Waals surface area (Å²) in [5.74, 6) is 0.750. The van der Waals surface area contributed by atoms with Gasteiger partial charge in [0, 0.05) is 16.7 Å². The standard InChI is InChI=1S/C15H21IN2O.ClH/c1-11-4-2-6-13(14(11)16)15(19)18-9-3-5-12(10-18)7-8-17;/h2,4,6,12H,3,5,7-10,17H2,1H3;1H. The van der Waals surface area contributed by atoms with Gasteiger partial charge in [-0.2, -0.15) is 0 Å². The van der Waals surface area contributed by atoms with Gasteiger partial charge in [-0.1, -0.05) is 12.1 Å². The highest BCUT2D eigenvalue weighted by atomic mass is 127. The van der Waals surface area contributed by atoms with Crippen LogP contribution in [0.1, 0.15) is 35.2 Å². The number of aryl methyl sites for hydroxylation is 1. The minimum atomic E-state index is 0. The van der Waals surface area contributed by atoms with Crippen LogP contribution in [0, 0.1) is 16.4 Å². The topological polar surface area (TPSA) is 46.3 Å². The van der Waals surface area contributed by atoms with E-state index >= 15 is 0 Å². The summed E-state index contributed by atoms with van der Waals surface area (Å²) < 4.78 is 1.08. The van der Waals surface area contributed by atoms with Gasteiger partial charge >= 0.3 is 0 Å². The Morgan fingerprint density at radius 2 is 2.25 bits per heavy atom. The summed E-state index contributed by atoms with van der Waals surface area (Å²) in [7, 11) is 0. The summed E-state index contributed by atoms with van der Waals surface area (Å²) in [5.41, 5.74) is 7.64. The maximum absolute atomic E-state index is 12.6. The molecule has 1 fully saturated rings. The van der Waals surface area contributed by atoms with E-state index in [-0.39, 0.29) is 18.3 Å². The molecule has 0 bridgehead atoms. The molecule has 1 atom stereocenters. The summed E-state index contributed by atoms with van der Waals surface area (Å²) in [4.78, 5) is 14.6. The van der Waals surface area contributed by atoms with E-state index in [1.165, 1.54) is 12.0 Å². The molecular formula is C15H22ClIN2O. The molecule has 1 aliphatic heterocycles. The van der Waals surface area contributed by atoms with E-state index < -0.39 is 0 Å². The van der Waals surface area contributed by atoms with Crippen molar-refractivity contribution in [2.24, 2.45) is 11.7 Å². The molecule has 0 aromatic heterocycles. The highest BCUT2D eigenvalue weighted by Gasteiger charge is 2.25. The molecule has 2 rings (SSSR count). The summed E-state index contributed by atoms with van der Waals surface area (Å²) in [5, 5.41) is 0. The number of likely N-dealkylation sites (tertiary alicyclic amines) is 1.